The van der Waals surface area contributed by atoms with Crippen molar-refractivity contribution < 1.29 is 24.7 Å². The van der Waals surface area contributed by atoms with Crippen LogP contribution in [-0.4, -0.2) is 57.7 Å². The summed E-state index contributed by atoms with van der Waals surface area (Å²) >= 11 is 0. The molecule has 2 aliphatic rings. The third-order valence-electron chi connectivity index (χ3n) is 6.33. The monoisotopic (exact) mass is 411 g/mol. The summed E-state index contributed by atoms with van der Waals surface area (Å²) in [5, 5.41) is 21.5. The van der Waals surface area contributed by atoms with Gasteiger partial charge in [0.2, 0.25) is 17.7 Å². The highest BCUT2D eigenvalue weighted by atomic mass is 16.5. The predicted octanol–water partition coefficient (Wildman–Crippen LogP) is 1.74. The van der Waals surface area contributed by atoms with Gasteiger partial charge < -0.3 is 15.3 Å². The van der Waals surface area contributed by atoms with Crippen LogP contribution in [0.5, 0.6) is 0 Å². The van der Waals surface area contributed by atoms with Crippen molar-refractivity contribution in [1.82, 2.24) is 15.7 Å². The summed E-state index contributed by atoms with van der Waals surface area (Å²) in [6.45, 7) is 3.71. The Kier molecular flexibility index (Phi) is 9.36. The average molecular weight is 412 g/mol. The van der Waals surface area contributed by atoms with Gasteiger partial charge >= 0.3 is 0 Å². The van der Waals surface area contributed by atoms with E-state index in [1.807, 2.05) is 18.7 Å². The summed E-state index contributed by atoms with van der Waals surface area (Å²) in [6, 6.07) is -0.786. The van der Waals surface area contributed by atoms with Crippen LogP contribution >= 0.6 is 0 Å². The predicted molar refractivity (Wildman–Crippen MR) is 108 cm³/mol. The molecule has 4 N–H and O–H groups in total. The van der Waals surface area contributed by atoms with Crippen LogP contribution in [-0.2, 0) is 14.4 Å². The molecule has 0 aliphatic carbocycles. The minimum atomic E-state index is -0.695. The van der Waals surface area contributed by atoms with Crippen LogP contribution in [0.1, 0.15) is 78.1 Å². The average Bonchev–Trinajstić information content (AvgIpc) is 3.11. The number of nitrogens with one attached hydrogen (secondary N) is 2. The molecule has 0 aromatic heterocycles. The number of aliphatic hydroxyl groups excluding tert-OH is 1. The third-order valence-corrected chi connectivity index (χ3v) is 6.33. The standard InChI is InChI=1S/C21H37N3O5/c1-14(2)19-21(28)24-16(10-11-17(24)13-25)9-7-5-3-4-6-8-15(20(27)22-19)12-18(26)23-29/h14-17,19,25,29H,3-13H2,1-2H3,(H,22,27)(H,23,26). The maximum atomic E-state index is 13.4. The maximum absolute atomic E-state index is 13.4. The highest BCUT2D eigenvalue weighted by molar-refractivity contribution is 5.91. The lowest BCUT2D eigenvalue weighted by molar-refractivity contribution is -0.142. The number of nitrogens with zero attached hydrogens (tertiary/aromatic N) is 1. The Morgan fingerprint density at radius 3 is 2.38 bits per heavy atom. The van der Waals surface area contributed by atoms with Gasteiger partial charge in [0.25, 0.3) is 0 Å². The molecule has 2 rings (SSSR count). The van der Waals surface area contributed by atoms with Gasteiger partial charge in [-0.2, -0.15) is 0 Å². The molecule has 0 aromatic carbocycles. The Bertz CT molecular complexity index is 569. The first-order chi connectivity index (χ1) is 13.9. The normalized spacial score (nSPS) is 29.9. The highest BCUT2D eigenvalue weighted by Gasteiger charge is 2.40. The zero-order valence-corrected chi connectivity index (χ0v) is 17.7. The maximum Gasteiger partial charge on any atom is 0.245 e. The fourth-order valence-electron chi connectivity index (χ4n) is 4.63. The SMILES string of the molecule is CC(C)C1NC(=O)C(CC(=O)NO)CCCCCCCC2CCC(CO)N2C1=O. The minimum Gasteiger partial charge on any atom is -0.394 e. The van der Waals surface area contributed by atoms with Crippen LogP contribution in [0, 0.1) is 11.8 Å². The van der Waals surface area contributed by atoms with E-state index in [1.165, 1.54) is 0 Å². The topological polar surface area (TPSA) is 119 Å². The largest absolute Gasteiger partial charge is 0.394 e. The van der Waals surface area contributed by atoms with Gasteiger partial charge in [0.1, 0.15) is 6.04 Å². The van der Waals surface area contributed by atoms with Gasteiger partial charge in [0, 0.05) is 18.4 Å². The summed E-state index contributed by atoms with van der Waals surface area (Å²) in [5.41, 5.74) is 1.60. The Morgan fingerprint density at radius 1 is 1.10 bits per heavy atom. The second-order valence-corrected chi connectivity index (χ2v) is 8.82. The Balaban J connectivity index is 2.25. The van der Waals surface area contributed by atoms with E-state index >= 15 is 0 Å². The minimum absolute atomic E-state index is 0.0691. The molecule has 4 unspecified atom stereocenters. The Labute approximate surface area is 173 Å². The molecule has 8 nitrogen and oxygen atoms in total. The van der Waals surface area contributed by atoms with Crippen LogP contribution in [0.25, 0.3) is 0 Å². The Morgan fingerprint density at radius 2 is 1.76 bits per heavy atom. The van der Waals surface area contributed by atoms with Crippen LogP contribution in [0.2, 0.25) is 0 Å². The van der Waals surface area contributed by atoms with E-state index in [-0.39, 0.29) is 42.8 Å². The number of amides is 3. The smallest absolute Gasteiger partial charge is 0.245 e. The lowest BCUT2D eigenvalue weighted by Crippen LogP contribution is -2.56. The molecule has 2 fully saturated rings. The molecule has 0 radical (unpaired) electrons. The molecule has 29 heavy (non-hydrogen) atoms. The number of aliphatic hydroxyl groups is 1. The van der Waals surface area contributed by atoms with E-state index in [1.54, 1.807) is 5.48 Å². The third kappa shape index (κ3) is 6.40. The molecule has 0 spiro atoms. The fraction of sp³-hybridized carbons (Fsp3) is 0.857. The first kappa shape index (κ1) is 23.6. The van der Waals surface area contributed by atoms with Crippen LogP contribution in [0.15, 0.2) is 0 Å². The van der Waals surface area contributed by atoms with Crippen molar-refractivity contribution in [2.24, 2.45) is 11.8 Å². The molecule has 166 valence electrons. The lowest BCUT2D eigenvalue weighted by Gasteiger charge is -2.35. The van der Waals surface area contributed by atoms with E-state index in [0.29, 0.717) is 6.42 Å². The van der Waals surface area contributed by atoms with Crippen LogP contribution in [0.4, 0.5) is 0 Å². The molecule has 2 aliphatic heterocycles. The zero-order chi connectivity index (χ0) is 21.4. The first-order valence-corrected chi connectivity index (χ1v) is 11.0. The summed E-state index contributed by atoms with van der Waals surface area (Å²) in [6.07, 6.45) is 8.03. The number of hydrogen-bond acceptors (Lipinski definition) is 5. The molecule has 2 saturated heterocycles. The van der Waals surface area contributed by atoms with Gasteiger partial charge in [0.15, 0.2) is 0 Å². The highest BCUT2D eigenvalue weighted by Crippen LogP contribution is 2.30. The van der Waals surface area contributed by atoms with Crippen molar-refractivity contribution in [1.29, 1.82) is 0 Å². The van der Waals surface area contributed by atoms with Gasteiger partial charge in [-0.3, -0.25) is 19.6 Å². The van der Waals surface area contributed by atoms with Crippen LogP contribution < -0.4 is 10.8 Å². The number of rotatable bonds is 4. The molecule has 0 bridgehead atoms. The second-order valence-electron chi connectivity index (χ2n) is 8.82. The van der Waals surface area contributed by atoms with Crippen molar-refractivity contribution in [3.63, 3.8) is 0 Å². The van der Waals surface area contributed by atoms with Crippen molar-refractivity contribution in [3.05, 3.63) is 0 Å². The van der Waals surface area contributed by atoms with E-state index in [2.05, 4.69) is 5.32 Å². The Hall–Kier alpha value is -1.67. The van der Waals surface area contributed by atoms with Crippen molar-refractivity contribution >= 4 is 17.7 Å². The summed E-state index contributed by atoms with van der Waals surface area (Å²) < 4.78 is 0. The molecular formula is C21H37N3O5. The van der Waals surface area contributed by atoms with Crippen LogP contribution in [0.3, 0.4) is 0 Å². The van der Waals surface area contributed by atoms with Crippen molar-refractivity contribution in [2.45, 2.75) is 96.2 Å². The summed E-state index contributed by atoms with van der Waals surface area (Å²) in [5.74, 6) is -1.76. The molecular weight excluding hydrogens is 374 g/mol. The summed E-state index contributed by atoms with van der Waals surface area (Å²) in [7, 11) is 0. The number of fused-ring (bicyclic) bond motifs is 1. The van der Waals surface area contributed by atoms with Crippen molar-refractivity contribution in [3.8, 4) is 0 Å². The summed E-state index contributed by atoms with van der Waals surface area (Å²) in [4.78, 5) is 39.8. The van der Waals surface area contributed by atoms with E-state index in [4.69, 9.17) is 5.21 Å². The molecule has 0 saturated carbocycles. The van der Waals surface area contributed by atoms with Crippen molar-refractivity contribution in [2.75, 3.05) is 6.61 Å². The van der Waals surface area contributed by atoms with Gasteiger partial charge in [0.05, 0.1) is 12.6 Å². The number of carbonyl (C=O) groups excluding carboxylic acids is 3. The molecule has 3 amide bonds. The number of hydroxylamine groups is 1. The first-order valence-electron chi connectivity index (χ1n) is 11.0. The molecule has 8 heteroatoms. The molecule has 4 atom stereocenters. The quantitative estimate of drug-likeness (QED) is 0.415. The molecule has 2 heterocycles. The zero-order valence-electron chi connectivity index (χ0n) is 17.7. The molecule has 0 aromatic rings. The van der Waals surface area contributed by atoms with Gasteiger partial charge in [-0.05, 0) is 31.6 Å². The van der Waals surface area contributed by atoms with E-state index in [9.17, 15) is 19.5 Å². The number of carbonyl (C=O) groups is 3. The van der Waals surface area contributed by atoms with E-state index in [0.717, 1.165) is 51.4 Å². The number of hydrogen-bond donors (Lipinski definition) is 4. The van der Waals surface area contributed by atoms with Gasteiger partial charge in [-0.1, -0.05) is 46.0 Å². The lowest BCUT2D eigenvalue weighted by atomic mass is 9.93. The second kappa shape index (κ2) is 11.5. The van der Waals surface area contributed by atoms with Gasteiger partial charge in [-0.15, -0.1) is 0 Å². The van der Waals surface area contributed by atoms with Gasteiger partial charge in [-0.25, -0.2) is 5.48 Å². The fourth-order valence-corrected chi connectivity index (χ4v) is 4.63. The van der Waals surface area contributed by atoms with E-state index < -0.39 is 17.9 Å².